The van der Waals surface area contributed by atoms with E-state index in [2.05, 4.69) is 5.32 Å². The van der Waals surface area contributed by atoms with E-state index >= 15 is 0 Å². The van der Waals surface area contributed by atoms with Crippen LogP contribution >= 0.6 is 0 Å². The van der Waals surface area contributed by atoms with Crippen LogP contribution in [-0.2, 0) is 16.1 Å². The van der Waals surface area contributed by atoms with E-state index in [0.29, 0.717) is 6.54 Å². The van der Waals surface area contributed by atoms with E-state index in [-0.39, 0.29) is 24.2 Å². The first kappa shape index (κ1) is 15.4. The number of anilines is 1. The molecule has 4 nitrogen and oxygen atoms in total. The zero-order valence-electron chi connectivity index (χ0n) is 12.1. The quantitative estimate of drug-likeness (QED) is 0.890. The Bertz CT molecular complexity index is 457. The topological polar surface area (TPSA) is 49.4 Å². The molecule has 0 saturated carbocycles. The lowest BCUT2D eigenvalue weighted by Gasteiger charge is -2.22. The van der Waals surface area contributed by atoms with Crippen LogP contribution < -0.4 is 5.32 Å². The summed E-state index contributed by atoms with van der Waals surface area (Å²) in [4.78, 5) is 25.1. The van der Waals surface area contributed by atoms with E-state index in [4.69, 9.17) is 0 Å². The number of ketones is 1. The number of carbonyl (C=O) groups excluding carboxylic acids is 2. The van der Waals surface area contributed by atoms with Crippen LogP contribution in [0.4, 0.5) is 5.69 Å². The van der Waals surface area contributed by atoms with E-state index in [1.807, 2.05) is 50.1 Å². The summed E-state index contributed by atoms with van der Waals surface area (Å²) in [6, 6.07) is 7.34. The fourth-order valence-corrected chi connectivity index (χ4v) is 2.10. The molecule has 104 valence electrons. The van der Waals surface area contributed by atoms with Crippen molar-refractivity contribution in [3.05, 3.63) is 29.8 Å². The number of nitrogens with zero attached hydrogens (tertiary/aromatic N) is 1. The molecular formula is C15H22N2O2. The molecule has 0 saturated heterocycles. The fraction of sp³-hybridized carbons (Fsp3) is 0.467. The molecule has 0 bridgehead atoms. The normalized spacial score (nSPS) is 18.5. The molecule has 1 amide bonds. The Morgan fingerprint density at radius 2 is 2.00 bits per heavy atom. The van der Waals surface area contributed by atoms with Crippen LogP contribution in [0.2, 0.25) is 0 Å². The highest BCUT2D eigenvalue weighted by Gasteiger charge is 2.28. The van der Waals surface area contributed by atoms with Gasteiger partial charge in [-0.3, -0.25) is 14.5 Å². The lowest BCUT2D eigenvalue weighted by molar-refractivity contribution is -0.126. The number of rotatable bonds is 2. The van der Waals surface area contributed by atoms with Gasteiger partial charge in [-0.15, -0.1) is 0 Å². The Morgan fingerprint density at radius 3 is 2.63 bits per heavy atom. The fourth-order valence-electron chi connectivity index (χ4n) is 2.10. The van der Waals surface area contributed by atoms with Gasteiger partial charge >= 0.3 is 0 Å². The minimum absolute atomic E-state index is 0.0305. The van der Waals surface area contributed by atoms with Crippen LogP contribution in [0.5, 0.6) is 0 Å². The molecule has 1 unspecified atom stereocenters. The average molecular weight is 262 g/mol. The van der Waals surface area contributed by atoms with Crippen molar-refractivity contribution in [1.29, 1.82) is 0 Å². The number of hydrogen-bond acceptors (Lipinski definition) is 3. The number of hydrogen-bond donors (Lipinski definition) is 1. The number of para-hydroxylation sites is 1. The van der Waals surface area contributed by atoms with Gasteiger partial charge in [0.25, 0.3) is 0 Å². The largest absolute Gasteiger partial charge is 0.324 e. The molecule has 1 aromatic rings. The molecule has 1 atom stereocenters. The molecule has 1 aliphatic heterocycles. The monoisotopic (exact) mass is 262 g/mol. The highest BCUT2D eigenvalue weighted by Crippen LogP contribution is 2.22. The molecule has 0 aliphatic carbocycles. The second-order valence-electron chi connectivity index (χ2n) is 4.48. The maximum atomic E-state index is 12.0. The minimum atomic E-state index is -0.375. The molecule has 0 spiro atoms. The Morgan fingerprint density at radius 1 is 1.37 bits per heavy atom. The maximum Gasteiger partial charge on any atom is 0.242 e. The van der Waals surface area contributed by atoms with Crippen molar-refractivity contribution >= 4 is 17.4 Å². The van der Waals surface area contributed by atoms with Crippen molar-refractivity contribution in [2.75, 3.05) is 12.4 Å². The van der Waals surface area contributed by atoms with Gasteiger partial charge in [-0.1, -0.05) is 32.0 Å². The zero-order chi connectivity index (χ0) is 14.4. The van der Waals surface area contributed by atoms with Crippen LogP contribution in [0.25, 0.3) is 0 Å². The summed E-state index contributed by atoms with van der Waals surface area (Å²) in [6.45, 7) is 6.19. The first-order valence-electron chi connectivity index (χ1n) is 6.66. The third kappa shape index (κ3) is 3.89. The van der Waals surface area contributed by atoms with Gasteiger partial charge in [-0.25, -0.2) is 0 Å². The van der Waals surface area contributed by atoms with Crippen molar-refractivity contribution in [3.63, 3.8) is 0 Å². The van der Waals surface area contributed by atoms with Gasteiger partial charge in [0.2, 0.25) is 5.91 Å². The standard InChI is InChI=1S/C13H16N2O2.C2H6/c1-9(16)7-12-13(17)14-11-6-4-3-5-10(11)8-15(12)2;1-2/h3-6,12H,7-8H2,1-2H3,(H,14,17);1-2H3. The van der Waals surface area contributed by atoms with Crippen molar-refractivity contribution in [2.45, 2.75) is 39.8 Å². The smallest absolute Gasteiger partial charge is 0.242 e. The molecule has 1 heterocycles. The molecule has 4 heteroatoms. The predicted molar refractivity (Wildman–Crippen MR) is 77.0 cm³/mol. The summed E-state index contributed by atoms with van der Waals surface area (Å²) in [5.74, 6) is -0.0735. The zero-order valence-corrected chi connectivity index (χ0v) is 12.1. The summed E-state index contributed by atoms with van der Waals surface area (Å²) < 4.78 is 0. The van der Waals surface area contributed by atoms with Gasteiger partial charge < -0.3 is 5.32 Å². The second-order valence-corrected chi connectivity index (χ2v) is 4.48. The van der Waals surface area contributed by atoms with Crippen LogP contribution in [0.3, 0.4) is 0 Å². The van der Waals surface area contributed by atoms with E-state index in [1.165, 1.54) is 6.92 Å². The molecular weight excluding hydrogens is 240 g/mol. The lowest BCUT2D eigenvalue weighted by atomic mass is 10.1. The van der Waals surface area contributed by atoms with Crippen LogP contribution in [0.15, 0.2) is 24.3 Å². The highest BCUT2D eigenvalue weighted by molar-refractivity contribution is 5.98. The Labute approximate surface area is 114 Å². The first-order chi connectivity index (χ1) is 9.08. The number of likely N-dealkylation sites (N-methyl/N-ethyl adjacent to an activating group) is 1. The van der Waals surface area contributed by atoms with E-state index in [9.17, 15) is 9.59 Å². The molecule has 0 fully saturated rings. The summed E-state index contributed by atoms with van der Waals surface area (Å²) >= 11 is 0. The van der Waals surface area contributed by atoms with Gasteiger partial charge in [0, 0.05) is 18.7 Å². The first-order valence-corrected chi connectivity index (χ1v) is 6.66. The Kier molecular flexibility index (Phi) is 5.70. The summed E-state index contributed by atoms with van der Waals surface area (Å²) in [7, 11) is 1.87. The highest BCUT2D eigenvalue weighted by atomic mass is 16.2. The van der Waals surface area contributed by atoms with Crippen LogP contribution in [0, 0.1) is 0 Å². The molecule has 0 aromatic heterocycles. The molecule has 1 N–H and O–H groups in total. The van der Waals surface area contributed by atoms with Crippen molar-refractivity contribution in [1.82, 2.24) is 4.90 Å². The SMILES string of the molecule is CC.CC(=O)CC1C(=O)Nc2ccccc2CN1C. The summed E-state index contributed by atoms with van der Waals surface area (Å²) in [5, 5.41) is 2.88. The number of fused-ring (bicyclic) bond motifs is 1. The number of carbonyl (C=O) groups is 2. The summed E-state index contributed by atoms with van der Waals surface area (Å²) in [5.41, 5.74) is 1.92. The van der Waals surface area contributed by atoms with Crippen molar-refractivity contribution in [3.8, 4) is 0 Å². The van der Waals surface area contributed by atoms with Crippen LogP contribution in [0.1, 0.15) is 32.8 Å². The second kappa shape index (κ2) is 7.04. The number of nitrogens with one attached hydrogen (secondary N) is 1. The van der Waals surface area contributed by atoms with E-state index < -0.39 is 0 Å². The summed E-state index contributed by atoms with van der Waals surface area (Å²) in [6.07, 6.45) is 0.260. The van der Waals surface area contributed by atoms with Gasteiger partial charge in [0.05, 0.1) is 6.04 Å². The molecule has 1 aromatic carbocycles. The lowest BCUT2D eigenvalue weighted by Crippen LogP contribution is -2.40. The Balaban J connectivity index is 0.000000861. The van der Waals surface area contributed by atoms with Gasteiger partial charge in [-0.2, -0.15) is 0 Å². The Hall–Kier alpha value is -1.68. The molecule has 1 aliphatic rings. The van der Waals surface area contributed by atoms with Crippen LogP contribution in [-0.4, -0.2) is 29.7 Å². The molecule has 19 heavy (non-hydrogen) atoms. The van der Waals surface area contributed by atoms with Crippen molar-refractivity contribution < 1.29 is 9.59 Å². The molecule has 2 rings (SSSR count). The number of benzene rings is 1. The third-order valence-electron chi connectivity index (χ3n) is 3.01. The third-order valence-corrected chi connectivity index (χ3v) is 3.01. The van der Waals surface area contributed by atoms with E-state index in [0.717, 1.165) is 11.3 Å². The average Bonchev–Trinajstić information content (AvgIpc) is 2.50. The van der Waals surface area contributed by atoms with Gasteiger partial charge in [-0.05, 0) is 25.6 Å². The molecule has 0 radical (unpaired) electrons. The number of amides is 1. The predicted octanol–water partition coefficient (Wildman–Crippen LogP) is 2.44. The maximum absolute atomic E-state index is 12.0. The van der Waals surface area contributed by atoms with Gasteiger partial charge in [0.15, 0.2) is 0 Å². The number of Topliss-reactive ketones (excluding diaryl/α,β-unsaturated/α-hetero) is 1. The van der Waals surface area contributed by atoms with Gasteiger partial charge in [0.1, 0.15) is 5.78 Å². The minimum Gasteiger partial charge on any atom is -0.324 e. The van der Waals surface area contributed by atoms with Crippen molar-refractivity contribution in [2.24, 2.45) is 0 Å². The van der Waals surface area contributed by atoms with E-state index in [1.54, 1.807) is 0 Å².